The first-order valence-corrected chi connectivity index (χ1v) is 6.35. The molecule has 16 heavy (non-hydrogen) atoms. The van der Waals surface area contributed by atoms with Crippen molar-refractivity contribution in [3.63, 3.8) is 0 Å². The molecule has 0 N–H and O–H groups in total. The third kappa shape index (κ3) is 3.36. The number of hydrogen-bond donors (Lipinski definition) is 0. The molecular weight excluding hydrogens is 200 g/mol. The van der Waals surface area contributed by atoms with Crippen LogP contribution in [0.15, 0.2) is 11.1 Å². The molecule has 0 radical (unpaired) electrons. The maximum Gasteiger partial charge on any atom is 0.317 e. The van der Waals surface area contributed by atoms with Gasteiger partial charge in [0.15, 0.2) is 0 Å². The molecule has 92 valence electrons. The summed E-state index contributed by atoms with van der Waals surface area (Å²) in [5.74, 6) is -0.0153. The van der Waals surface area contributed by atoms with Crippen LogP contribution < -0.4 is 0 Å². The van der Waals surface area contributed by atoms with Crippen molar-refractivity contribution >= 4 is 5.97 Å². The molecule has 1 aliphatic rings. The van der Waals surface area contributed by atoms with Crippen LogP contribution in [0.2, 0.25) is 0 Å². The van der Waals surface area contributed by atoms with Gasteiger partial charge in [-0.1, -0.05) is 37.8 Å². The highest BCUT2D eigenvalue weighted by molar-refractivity contribution is 5.86. The van der Waals surface area contributed by atoms with E-state index in [2.05, 4.69) is 13.8 Å². The number of carbonyl (C=O) groups excluding carboxylic acids is 1. The minimum absolute atomic E-state index is 0.0270. The minimum Gasteiger partial charge on any atom is -0.459 e. The van der Waals surface area contributed by atoms with Crippen LogP contribution in [0, 0.1) is 5.92 Å². The predicted molar refractivity (Wildman–Crippen MR) is 66.2 cm³/mol. The van der Waals surface area contributed by atoms with E-state index in [0.717, 1.165) is 25.7 Å². The Hall–Kier alpha value is -0.790. The standard InChI is InChI=1S/C14H24O2/c1-6-8-10-11(9-7-2)12(10)13(15)16-14(3,4)5/h12H,6-9H2,1-5H3. The van der Waals surface area contributed by atoms with Crippen molar-refractivity contribution < 1.29 is 9.53 Å². The second kappa shape index (κ2) is 5.03. The fraction of sp³-hybridized carbons (Fsp3) is 0.786. The van der Waals surface area contributed by atoms with Crippen LogP contribution in [-0.4, -0.2) is 11.6 Å². The van der Waals surface area contributed by atoms with Crippen molar-refractivity contribution in [1.82, 2.24) is 0 Å². The Morgan fingerprint density at radius 2 is 1.56 bits per heavy atom. The Bertz CT molecular complexity index is 278. The highest BCUT2D eigenvalue weighted by atomic mass is 16.6. The molecule has 0 aromatic carbocycles. The Balaban J connectivity index is 2.54. The molecule has 1 aliphatic carbocycles. The van der Waals surface area contributed by atoms with E-state index in [9.17, 15) is 4.79 Å². The van der Waals surface area contributed by atoms with Gasteiger partial charge < -0.3 is 4.74 Å². The van der Waals surface area contributed by atoms with E-state index < -0.39 is 0 Å². The lowest BCUT2D eigenvalue weighted by Crippen LogP contribution is -2.25. The van der Waals surface area contributed by atoms with Gasteiger partial charge in [-0.05, 0) is 33.6 Å². The van der Waals surface area contributed by atoms with Gasteiger partial charge in [-0.3, -0.25) is 4.79 Å². The van der Waals surface area contributed by atoms with Crippen molar-refractivity contribution in [3.05, 3.63) is 11.1 Å². The van der Waals surface area contributed by atoms with Crippen LogP contribution in [0.4, 0.5) is 0 Å². The molecular formula is C14H24O2. The van der Waals surface area contributed by atoms with E-state index in [0.29, 0.717) is 0 Å². The van der Waals surface area contributed by atoms with Gasteiger partial charge in [0.2, 0.25) is 0 Å². The first-order valence-electron chi connectivity index (χ1n) is 6.35. The lowest BCUT2D eigenvalue weighted by Gasteiger charge is -2.20. The molecule has 0 unspecified atom stereocenters. The Morgan fingerprint density at radius 3 is 1.88 bits per heavy atom. The zero-order valence-corrected chi connectivity index (χ0v) is 11.2. The quantitative estimate of drug-likeness (QED) is 0.523. The molecule has 0 aliphatic heterocycles. The van der Waals surface area contributed by atoms with Gasteiger partial charge in [0.1, 0.15) is 5.60 Å². The maximum atomic E-state index is 11.9. The third-order valence-corrected chi connectivity index (χ3v) is 2.71. The Kier molecular flexibility index (Phi) is 4.17. The van der Waals surface area contributed by atoms with Gasteiger partial charge in [-0.2, -0.15) is 0 Å². The largest absolute Gasteiger partial charge is 0.459 e. The summed E-state index contributed by atoms with van der Waals surface area (Å²) in [4.78, 5) is 11.9. The SMILES string of the molecule is CCCC1=C(CCC)C1C(=O)OC(C)(C)C. The number of carbonyl (C=O) groups is 1. The second-order valence-corrected chi connectivity index (χ2v) is 5.52. The maximum absolute atomic E-state index is 11.9. The molecule has 0 atom stereocenters. The average molecular weight is 224 g/mol. The van der Waals surface area contributed by atoms with E-state index >= 15 is 0 Å². The molecule has 0 bridgehead atoms. The van der Waals surface area contributed by atoms with Crippen LogP contribution >= 0.6 is 0 Å². The fourth-order valence-corrected chi connectivity index (χ4v) is 2.11. The molecule has 0 heterocycles. The van der Waals surface area contributed by atoms with Crippen LogP contribution in [0.3, 0.4) is 0 Å². The second-order valence-electron chi connectivity index (χ2n) is 5.52. The summed E-state index contributed by atoms with van der Waals surface area (Å²) in [6.45, 7) is 10.1. The summed E-state index contributed by atoms with van der Waals surface area (Å²) >= 11 is 0. The number of esters is 1. The lowest BCUT2D eigenvalue weighted by atomic mass is 10.1. The van der Waals surface area contributed by atoms with Crippen molar-refractivity contribution in [2.75, 3.05) is 0 Å². The molecule has 1 rings (SSSR count). The summed E-state index contributed by atoms with van der Waals surface area (Å²) < 4.78 is 5.43. The summed E-state index contributed by atoms with van der Waals surface area (Å²) in [6.07, 6.45) is 4.34. The number of ether oxygens (including phenoxy) is 1. The van der Waals surface area contributed by atoms with Gasteiger partial charge in [0.05, 0.1) is 5.92 Å². The van der Waals surface area contributed by atoms with Crippen molar-refractivity contribution in [2.24, 2.45) is 5.92 Å². The van der Waals surface area contributed by atoms with Crippen LogP contribution in [0.1, 0.15) is 60.3 Å². The van der Waals surface area contributed by atoms with E-state index in [4.69, 9.17) is 4.74 Å². The van der Waals surface area contributed by atoms with Crippen LogP contribution in [-0.2, 0) is 9.53 Å². The highest BCUT2D eigenvalue weighted by Gasteiger charge is 2.42. The van der Waals surface area contributed by atoms with Gasteiger partial charge >= 0.3 is 5.97 Å². The number of hydrogen-bond acceptors (Lipinski definition) is 2. The normalized spacial score (nSPS) is 16.6. The van der Waals surface area contributed by atoms with Gasteiger partial charge in [-0.15, -0.1) is 0 Å². The third-order valence-electron chi connectivity index (χ3n) is 2.71. The molecule has 0 amide bonds. The topological polar surface area (TPSA) is 26.3 Å². The molecule has 0 aromatic heterocycles. The van der Waals surface area contributed by atoms with Gasteiger partial charge in [0.25, 0.3) is 0 Å². The lowest BCUT2D eigenvalue weighted by molar-refractivity contribution is -0.156. The predicted octanol–water partition coefficient (Wildman–Crippen LogP) is 3.85. The first kappa shape index (κ1) is 13.3. The molecule has 0 aromatic rings. The van der Waals surface area contributed by atoms with Crippen molar-refractivity contribution in [2.45, 2.75) is 65.9 Å². The molecule has 0 spiro atoms. The van der Waals surface area contributed by atoms with Gasteiger partial charge in [0, 0.05) is 0 Å². The van der Waals surface area contributed by atoms with E-state index in [1.165, 1.54) is 11.1 Å². The zero-order valence-electron chi connectivity index (χ0n) is 11.2. The zero-order chi connectivity index (χ0) is 12.3. The summed E-state index contributed by atoms with van der Waals surface area (Å²) in [6, 6.07) is 0. The van der Waals surface area contributed by atoms with E-state index in [1.807, 2.05) is 20.8 Å². The van der Waals surface area contributed by atoms with Crippen LogP contribution in [0.5, 0.6) is 0 Å². The monoisotopic (exact) mass is 224 g/mol. The molecule has 0 fully saturated rings. The molecule has 2 heteroatoms. The summed E-state index contributed by atoms with van der Waals surface area (Å²) in [5, 5.41) is 0. The van der Waals surface area contributed by atoms with Gasteiger partial charge in [-0.25, -0.2) is 0 Å². The Labute approximate surface area is 99.1 Å². The minimum atomic E-state index is -0.367. The molecule has 2 nitrogen and oxygen atoms in total. The van der Waals surface area contributed by atoms with Crippen LogP contribution in [0.25, 0.3) is 0 Å². The van der Waals surface area contributed by atoms with Crippen molar-refractivity contribution in [1.29, 1.82) is 0 Å². The summed E-state index contributed by atoms with van der Waals surface area (Å²) in [5.41, 5.74) is 2.33. The number of rotatable bonds is 5. The molecule has 0 saturated heterocycles. The average Bonchev–Trinajstić information content (AvgIpc) is 2.77. The molecule has 0 saturated carbocycles. The summed E-state index contributed by atoms with van der Waals surface area (Å²) in [7, 11) is 0. The smallest absolute Gasteiger partial charge is 0.317 e. The van der Waals surface area contributed by atoms with Crippen molar-refractivity contribution in [3.8, 4) is 0 Å². The highest BCUT2D eigenvalue weighted by Crippen LogP contribution is 2.46. The Morgan fingerprint density at radius 1 is 1.12 bits per heavy atom. The van der Waals surface area contributed by atoms with E-state index in [-0.39, 0.29) is 17.5 Å². The first-order chi connectivity index (χ1) is 7.40. The van der Waals surface area contributed by atoms with E-state index in [1.54, 1.807) is 0 Å². The fourth-order valence-electron chi connectivity index (χ4n) is 2.11.